The number of hydrogen-bond donors (Lipinski definition) is 3. The van der Waals surface area contributed by atoms with E-state index in [1.54, 1.807) is 0 Å². The lowest BCUT2D eigenvalue weighted by atomic mass is 10.1. The van der Waals surface area contributed by atoms with E-state index in [2.05, 4.69) is 26.6 Å². The van der Waals surface area contributed by atoms with Gasteiger partial charge in [-0.25, -0.2) is 0 Å². The number of nitrogens with one attached hydrogen (secondary N) is 2. The Hall–Kier alpha value is -1.11. The molecule has 21 heavy (non-hydrogen) atoms. The number of carbonyl (C=O) groups is 1. The number of aliphatic hydroxyl groups excluding tert-OH is 1. The molecule has 1 fully saturated rings. The summed E-state index contributed by atoms with van der Waals surface area (Å²) in [7, 11) is 0. The van der Waals surface area contributed by atoms with Crippen molar-refractivity contribution in [1.82, 2.24) is 10.6 Å². The predicted molar refractivity (Wildman–Crippen MR) is 84.4 cm³/mol. The summed E-state index contributed by atoms with van der Waals surface area (Å²) in [6.07, 6.45) is 0.763. The molecule has 1 aromatic carbocycles. The minimum Gasteiger partial charge on any atom is -0.490 e. The maximum Gasteiger partial charge on any atom is 0.220 e. The molecule has 1 aliphatic heterocycles. The molecule has 1 heterocycles. The third kappa shape index (κ3) is 5.30. The first kappa shape index (κ1) is 16.3. The van der Waals surface area contributed by atoms with Crippen LogP contribution in [-0.4, -0.2) is 42.9 Å². The normalized spacial score (nSPS) is 20.0. The van der Waals surface area contributed by atoms with E-state index in [1.165, 1.54) is 0 Å². The van der Waals surface area contributed by atoms with Crippen molar-refractivity contribution in [1.29, 1.82) is 0 Å². The highest BCUT2D eigenvalue weighted by Gasteiger charge is 2.18. The molecule has 1 aliphatic rings. The molecule has 0 saturated carbocycles. The number of ether oxygens (including phenoxy) is 1. The van der Waals surface area contributed by atoms with Gasteiger partial charge in [-0.1, -0.05) is 6.07 Å². The van der Waals surface area contributed by atoms with Gasteiger partial charge in [-0.15, -0.1) is 0 Å². The third-order valence-corrected chi connectivity index (χ3v) is 4.05. The second-order valence-corrected chi connectivity index (χ2v) is 6.20. The molecule has 2 rings (SSSR count). The van der Waals surface area contributed by atoms with Gasteiger partial charge in [-0.3, -0.25) is 4.79 Å². The molecule has 3 N–H and O–H groups in total. The number of aliphatic hydroxyl groups is 1. The maximum absolute atomic E-state index is 11.0. The molecular weight excluding hydrogens is 336 g/mol. The summed E-state index contributed by atoms with van der Waals surface area (Å²) in [6.45, 7) is 3.31. The van der Waals surface area contributed by atoms with Crippen molar-refractivity contribution in [3.05, 3.63) is 28.2 Å². The molecule has 0 aromatic heterocycles. The van der Waals surface area contributed by atoms with Crippen molar-refractivity contribution in [2.24, 2.45) is 0 Å². The summed E-state index contributed by atoms with van der Waals surface area (Å²) < 4.78 is 6.49. The Kier molecular flexibility index (Phi) is 6.02. The second-order valence-electron chi connectivity index (χ2n) is 5.35. The zero-order valence-corrected chi connectivity index (χ0v) is 13.6. The van der Waals surface area contributed by atoms with Gasteiger partial charge in [0.2, 0.25) is 5.91 Å². The molecule has 1 amide bonds. The Balaban J connectivity index is 1.69. The van der Waals surface area contributed by atoms with Crippen LogP contribution in [0, 0.1) is 6.92 Å². The number of piperidine rings is 1. The zero-order valence-electron chi connectivity index (χ0n) is 12.1. The molecule has 116 valence electrons. The van der Waals surface area contributed by atoms with Gasteiger partial charge in [0.25, 0.3) is 0 Å². The monoisotopic (exact) mass is 356 g/mol. The van der Waals surface area contributed by atoms with Crippen molar-refractivity contribution < 1.29 is 14.6 Å². The van der Waals surface area contributed by atoms with Gasteiger partial charge < -0.3 is 20.5 Å². The van der Waals surface area contributed by atoms with Gasteiger partial charge in [0.15, 0.2) is 0 Å². The Morgan fingerprint density at radius 2 is 2.38 bits per heavy atom. The summed E-state index contributed by atoms with van der Waals surface area (Å²) in [5.41, 5.74) is 1.15. The summed E-state index contributed by atoms with van der Waals surface area (Å²) in [5, 5.41) is 16.0. The number of halogens is 1. The average Bonchev–Trinajstić information content (AvgIpc) is 2.46. The Morgan fingerprint density at radius 3 is 3.05 bits per heavy atom. The Bertz CT molecular complexity index is 486. The molecular formula is C15H21BrN2O3. The molecule has 0 spiro atoms. The molecule has 2 unspecified atom stereocenters. The highest BCUT2D eigenvalue weighted by molar-refractivity contribution is 9.10. The van der Waals surface area contributed by atoms with Gasteiger partial charge in [-0.05, 0) is 47.0 Å². The van der Waals surface area contributed by atoms with Crippen molar-refractivity contribution in [2.75, 3.05) is 19.7 Å². The lowest BCUT2D eigenvalue weighted by Gasteiger charge is -2.24. The molecule has 1 saturated heterocycles. The number of hydrogen-bond acceptors (Lipinski definition) is 4. The fourth-order valence-electron chi connectivity index (χ4n) is 2.18. The minimum atomic E-state index is -0.587. The Morgan fingerprint density at radius 1 is 1.57 bits per heavy atom. The van der Waals surface area contributed by atoms with Crippen LogP contribution < -0.4 is 15.4 Å². The molecule has 0 radical (unpaired) electrons. The number of aryl methyl sites for hydroxylation is 1. The fourth-order valence-corrected chi connectivity index (χ4v) is 2.79. The van der Waals surface area contributed by atoms with Crippen LogP contribution in [0.25, 0.3) is 0 Å². The number of amides is 1. The van der Waals surface area contributed by atoms with E-state index in [-0.39, 0.29) is 18.6 Å². The first-order valence-electron chi connectivity index (χ1n) is 7.11. The van der Waals surface area contributed by atoms with Crippen LogP contribution in [-0.2, 0) is 4.79 Å². The second kappa shape index (κ2) is 7.77. The molecule has 0 aliphatic carbocycles. The maximum atomic E-state index is 11.0. The third-order valence-electron chi connectivity index (χ3n) is 3.43. The van der Waals surface area contributed by atoms with Crippen LogP contribution in [0.5, 0.6) is 5.75 Å². The highest BCUT2D eigenvalue weighted by atomic mass is 79.9. The van der Waals surface area contributed by atoms with E-state index in [0.717, 1.165) is 22.2 Å². The van der Waals surface area contributed by atoms with E-state index in [1.807, 2.05) is 25.1 Å². The molecule has 0 bridgehead atoms. The largest absolute Gasteiger partial charge is 0.490 e. The lowest BCUT2D eigenvalue weighted by Crippen LogP contribution is -2.48. The minimum absolute atomic E-state index is 0.0983. The predicted octanol–water partition coefficient (Wildman–Crippen LogP) is 1.37. The van der Waals surface area contributed by atoms with E-state index < -0.39 is 6.10 Å². The van der Waals surface area contributed by atoms with Crippen molar-refractivity contribution in [3.63, 3.8) is 0 Å². The Labute approximate surface area is 133 Å². The van der Waals surface area contributed by atoms with Gasteiger partial charge in [0, 0.05) is 25.6 Å². The van der Waals surface area contributed by atoms with Crippen LogP contribution in [0.15, 0.2) is 22.7 Å². The summed E-state index contributed by atoms with van der Waals surface area (Å²) in [6, 6.07) is 6.06. The van der Waals surface area contributed by atoms with E-state index in [0.29, 0.717) is 19.5 Å². The number of carbonyl (C=O) groups excluding carboxylic acids is 1. The summed E-state index contributed by atoms with van der Waals surface area (Å²) >= 11 is 3.44. The quantitative estimate of drug-likeness (QED) is 0.719. The van der Waals surface area contributed by atoms with E-state index >= 15 is 0 Å². The standard InChI is InChI=1S/C15H21BrN2O3/c1-10-2-4-14(13(16)6-10)21-9-12(19)8-17-11-3-5-15(20)18-7-11/h2,4,6,11-12,17,19H,3,5,7-9H2,1H3,(H,18,20). The topological polar surface area (TPSA) is 70.6 Å². The molecule has 6 heteroatoms. The van der Waals surface area contributed by atoms with Crippen molar-refractivity contribution >= 4 is 21.8 Å². The van der Waals surface area contributed by atoms with E-state index in [9.17, 15) is 9.90 Å². The van der Waals surface area contributed by atoms with Gasteiger partial charge in [0.1, 0.15) is 18.5 Å². The van der Waals surface area contributed by atoms with E-state index in [4.69, 9.17) is 4.74 Å². The van der Waals surface area contributed by atoms with Gasteiger partial charge in [-0.2, -0.15) is 0 Å². The van der Waals surface area contributed by atoms with Crippen LogP contribution in [0.3, 0.4) is 0 Å². The van der Waals surface area contributed by atoms with Gasteiger partial charge in [0.05, 0.1) is 4.47 Å². The summed E-state index contributed by atoms with van der Waals surface area (Å²) in [4.78, 5) is 11.0. The first-order valence-corrected chi connectivity index (χ1v) is 7.91. The summed E-state index contributed by atoms with van der Waals surface area (Å²) in [5.74, 6) is 0.825. The molecule has 1 aromatic rings. The number of rotatable bonds is 6. The van der Waals surface area contributed by atoms with Crippen LogP contribution in [0.4, 0.5) is 0 Å². The lowest BCUT2D eigenvalue weighted by molar-refractivity contribution is -0.122. The smallest absolute Gasteiger partial charge is 0.220 e. The zero-order chi connectivity index (χ0) is 15.2. The van der Waals surface area contributed by atoms with Crippen molar-refractivity contribution in [2.45, 2.75) is 31.9 Å². The first-order chi connectivity index (χ1) is 10.0. The van der Waals surface area contributed by atoms with Crippen LogP contribution in [0.1, 0.15) is 18.4 Å². The fraction of sp³-hybridized carbons (Fsp3) is 0.533. The molecule has 2 atom stereocenters. The average molecular weight is 357 g/mol. The highest BCUT2D eigenvalue weighted by Crippen LogP contribution is 2.25. The SMILES string of the molecule is Cc1ccc(OCC(O)CNC2CCC(=O)NC2)c(Br)c1. The van der Waals surface area contributed by atoms with Crippen LogP contribution in [0.2, 0.25) is 0 Å². The van der Waals surface area contributed by atoms with Gasteiger partial charge >= 0.3 is 0 Å². The number of benzene rings is 1. The molecule has 5 nitrogen and oxygen atoms in total. The van der Waals surface area contributed by atoms with Crippen molar-refractivity contribution in [3.8, 4) is 5.75 Å². The van der Waals surface area contributed by atoms with Crippen LogP contribution >= 0.6 is 15.9 Å².